The average molecular weight is 309 g/mol. The first-order valence-corrected chi connectivity index (χ1v) is 7.63. The summed E-state index contributed by atoms with van der Waals surface area (Å²) in [6, 6.07) is 15.5. The summed E-state index contributed by atoms with van der Waals surface area (Å²) >= 11 is 0. The van der Waals surface area contributed by atoms with Crippen LogP contribution < -0.4 is 10.1 Å². The zero-order chi connectivity index (χ0) is 16.1. The topological polar surface area (TPSA) is 51.5 Å². The summed E-state index contributed by atoms with van der Waals surface area (Å²) in [6.45, 7) is 2.59. The van der Waals surface area contributed by atoms with Crippen molar-refractivity contribution in [2.75, 3.05) is 13.2 Å². The number of furan rings is 1. The number of benzene rings is 2. The minimum Gasteiger partial charge on any atom is -0.484 e. The van der Waals surface area contributed by atoms with Gasteiger partial charge in [0.15, 0.2) is 6.61 Å². The summed E-state index contributed by atoms with van der Waals surface area (Å²) in [5.74, 6) is 0.574. The van der Waals surface area contributed by atoms with Crippen LogP contribution in [0.3, 0.4) is 0 Å². The maximum Gasteiger partial charge on any atom is 0.257 e. The van der Waals surface area contributed by atoms with E-state index in [-0.39, 0.29) is 12.5 Å². The number of amides is 1. The predicted octanol–water partition coefficient (Wildman–Crippen LogP) is 3.48. The van der Waals surface area contributed by atoms with Gasteiger partial charge in [-0.2, -0.15) is 0 Å². The Hall–Kier alpha value is -2.75. The van der Waals surface area contributed by atoms with Crippen molar-refractivity contribution in [3.05, 3.63) is 65.9 Å². The molecule has 1 heterocycles. The first-order chi connectivity index (χ1) is 11.2. The van der Waals surface area contributed by atoms with E-state index in [2.05, 4.69) is 5.32 Å². The normalized spacial score (nSPS) is 10.7. The summed E-state index contributed by atoms with van der Waals surface area (Å²) in [6.07, 6.45) is 2.48. The van der Waals surface area contributed by atoms with Gasteiger partial charge < -0.3 is 14.5 Å². The van der Waals surface area contributed by atoms with Crippen LogP contribution in [-0.2, 0) is 11.2 Å². The molecule has 1 N–H and O–H groups in total. The zero-order valence-electron chi connectivity index (χ0n) is 13.0. The molecule has 0 saturated heterocycles. The fourth-order valence-corrected chi connectivity index (χ4v) is 2.40. The molecule has 23 heavy (non-hydrogen) atoms. The molecule has 2 aromatic carbocycles. The Kier molecular flexibility index (Phi) is 4.62. The van der Waals surface area contributed by atoms with Crippen molar-refractivity contribution in [3.63, 3.8) is 0 Å². The first kappa shape index (κ1) is 15.2. The number of rotatable bonds is 6. The Labute approximate surface area is 135 Å². The lowest BCUT2D eigenvalue weighted by atomic mass is 10.1. The van der Waals surface area contributed by atoms with Gasteiger partial charge in [-0.15, -0.1) is 0 Å². The number of carbonyl (C=O) groups is 1. The Morgan fingerprint density at radius 2 is 1.91 bits per heavy atom. The van der Waals surface area contributed by atoms with Gasteiger partial charge in [0, 0.05) is 11.9 Å². The maximum absolute atomic E-state index is 11.8. The summed E-state index contributed by atoms with van der Waals surface area (Å²) in [4.78, 5) is 11.8. The van der Waals surface area contributed by atoms with E-state index in [4.69, 9.17) is 9.15 Å². The predicted molar refractivity (Wildman–Crippen MR) is 89.6 cm³/mol. The van der Waals surface area contributed by atoms with E-state index in [9.17, 15) is 4.79 Å². The van der Waals surface area contributed by atoms with Gasteiger partial charge >= 0.3 is 0 Å². The number of carbonyl (C=O) groups excluding carboxylic acids is 1. The van der Waals surface area contributed by atoms with Gasteiger partial charge in [-0.1, -0.05) is 35.9 Å². The molecule has 0 radical (unpaired) electrons. The number of hydrogen-bond donors (Lipinski definition) is 1. The van der Waals surface area contributed by atoms with E-state index in [1.165, 1.54) is 0 Å². The monoisotopic (exact) mass is 309 g/mol. The lowest BCUT2D eigenvalue weighted by Gasteiger charge is -2.07. The third-order valence-corrected chi connectivity index (χ3v) is 3.67. The zero-order valence-corrected chi connectivity index (χ0v) is 13.0. The smallest absolute Gasteiger partial charge is 0.257 e. The van der Waals surface area contributed by atoms with Crippen LogP contribution in [0.1, 0.15) is 11.1 Å². The molecular weight excluding hydrogens is 290 g/mol. The van der Waals surface area contributed by atoms with E-state index >= 15 is 0 Å². The second kappa shape index (κ2) is 7.01. The summed E-state index contributed by atoms with van der Waals surface area (Å²) < 4.78 is 10.9. The third kappa shape index (κ3) is 3.92. The van der Waals surface area contributed by atoms with Crippen molar-refractivity contribution in [1.82, 2.24) is 5.32 Å². The molecule has 0 aliphatic rings. The Morgan fingerprint density at radius 3 is 2.74 bits per heavy atom. The number of aryl methyl sites for hydroxylation is 1. The molecule has 0 fully saturated rings. The lowest BCUT2D eigenvalue weighted by Crippen LogP contribution is -2.30. The van der Waals surface area contributed by atoms with Crippen molar-refractivity contribution in [2.24, 2.45) is 0 Å². The highest BCUT2D eigenvalue weighted by atomic mass is 16.5. The maximum atomic E-state index is 11.8. The lowest BCUT2D eigenvalue weighted by molar-refractivity contribution is -0.123. The van der Waals surface area contributed by atoms with Crippen LogP contribution in [-0.4, -0.2) is 19.1 Å². The highest BCUT2D eigenvalue weighted by molar-refractivity contribution is 5.81. The molecule has 3 aromatic rings. The second-order valence-electron chi connectivity index (χ2n) is 5.46. The number of ether oxygens (including phenoxy) is 1. The second-order valence-corrected chi connectivity index (χ2v) is 5.46. The molecule has 1 amide bonds. The molecule has 0 spiro atoms. The minimum absolute atomic E-state index is 0.0230. The standard InChI is InChI=1S/C19H19NO3/c1-14-6-8-16(9-7-14)22-13-19(21)20-11-10-15-12-23-18-5-3-2-4-17(15)18/h2-9,12H,10-11,13H2,1H3,(H,20,21). The van der Waals surface area contributed by atoms with Crippen molar-refractivity contribution < 1.29 is 13.9 Å². The highest BCUT2D eigenvalue weighted by Crippen LogP contribution is 2.20. The number of fused-ring (bicyclic) bond motifs is 1. The SMILES string of the molecule is Cc1ccc(OCC(=O)NCCc2coc3ccccc23)cc1. The van der Waals surface area contributed by atoms with Crippen LogP contribution in [0.4, 0.5) is 0 Å². The fourth-order valence-electron chi connectivity index (χ4n) is 2.40. The van der Waals surface area contributed by atoms with E-state index in [1.807, 2.05) is 55.5 Å². The van der Waals surface area contributed by atoms with E-state index in [0.29, 0.717) is 12.3 Å². The molecule has 1 aromatic heterocycles. The minimum atomic E-state index is -0.127. The molecule has 4 heteroatoms. The van der Waals surface area contributed by atoms with E-state index in [1.54, 1.807) is 6.26 Å². The van der Waals surface area contributed by atoms with Crippen molar-refractivity contribution in [1.29, 1.82) is 0 Å². The fraction of sp³-hybridized carbons (Fsp3) is 0.211. The molecule has 3 rings (SSSR count). The van der Waals surface area contributed by atoms with Crippen LogP contribution in [0.5, 0.6) is 5.75 Å². The van der Waals surface area contributed by atoms with Gasteiger partial charge in [0.25, 0.3) is 5.91 Å². The van der Waals surface area contributed by atoms with Gasteiger partial charge in [0.1, 0.15) is 11.3 Å². The van der Waals surface area contributed by atoms with Crippen molar-refractivity contribution >= 4 is 16.9 Å². The largest absolute Gasteiger partial charge is 0.484 e. The summed E-state index contributed by atoms with van der Waals surface area (Å²) in [5, 5.41) is 3.96. The van der Waals surface area contributed by atoms with E-state index < -0.39 is 0 Å². The Bertz CT molecular complexity index is 790. The first-order valence-electron chi connectivity index (χ1n) is 7.63. The van der Waals surface area contributed by atoms with Crippen LogP contribution in [0.25, 0.3) is 11.0 Å². The van der Waals surface area contributed by atoms with Crippen LogP contribution in [0, 0.1) is 6.92 Å². The number of para-hydroxylation sites is 1. The molecule has 118 valence electrons. The van der Waals surface area contributed by atoms with Gasteiger partial charge in [-0.3, -0.25) is 4.79 Å². The van der Waals surface area contributed by atoms with Gasteiger partial charge in [0.05, 0.1) is 6.26 Å². The highest BCUT2D eigenvalue weighted by Gasteiger charge is 2.06. The number of hydrogen-bond acceptors (Lipinski definition) is 3. The molecule has 0 bridgehead atoms. The molecule has 0 aliphatic carbocycles. The molecule has 0 unspecified atom stereocenters. The molecular formula is C19H19NO3. The Morgan fingerprint density at radius 1 is 1.13 bits per heavy atom. The summed E-state index contributed by atoms with van der Waals surface area (Å²) in [5.41, 5.74) is 3.13. The van der Waals surface area contributed by atoms with Gasteiger partial charge in [-0.25, -0.2) is 0 Å². The summed E-state index contributed by atoms with van der Waals surface area (Å²) in [7, 11) is 0. The molecule has 0 aliphatic heterocycles. The average Bonchev–Trinajstić information content (AvgIpc) is 2.98. The van der Waals surface area contributed by atoms with Gasteiger partial charge in [-0.05, 0) is 37.1 Å². The van der Waals surface area contributed by atoms with Crippen molar-refractivity contribution in [2.45, 2.75) is 13.3 Å². The molecule has 0 saturated carbocycles. The van der Waals surface area contributed by atoms with Gasteiger partial charge in [0.2, 0.25) is 0 Å². The molecule has 0 atom stereocenters. The number of nitrogens with one attached hydrogen (secondary N) is 1. The van der Waals surface area contributed by atoms with E-state index in [0.717, 1.165) is 28.5 Å². The van der Waals surface area contributed by atoms with Crippen LogP contribution in [0.15, 0.2) is 59.2 Å². The molecule has 4 nitrogen and oxygen atoms in total. The van der Waals surface area contributed by atoms with Crippen LogP contribution >= 0.6 is 0 Å². The quantitative estimate of drug-likeness (QED) is 0.758. The van der Waals surface area contributed by atoms with Crippen LogP contribution in [0.2, 0.25) is 0 Å². The van der Waals surface area contributed by atoms with Crippen molar-refractivity contribution in [3.8, 4) is 5.75 Å². The third-order valence-electron chi connectivity index (χ3n) is 3.67. The Balaban J connectivity index is 1.45.